The number of hydrogen-bond donors (Lipinski definition) is 0. The molecule has 3 heterocycles. The molecule has 7 aromatic carbocycles. The van der Waals surface area contributed by atoms with Crippen LogP contribution in [0.25, 0.3) is 66.6 Å². The SMILES string of the molecule is [2H]c1c([2H])c([2H])c2c(c1[2H])c1ccc(Oc3[c-]c4c(cc3)CCCC4n3[c](=[Pt])n(-c4c(-c5ccccc5)cccc4-c4cc(C(C)(C)C)cc(C(C)(C)C)c4)c4ccccc43)[c-]c1n2-c1cc(C(C)(C)C)ccn1. The molecule has 3 aromatic heterocycles. The Morgan fingerprint density at radius 1 is 0.614 bits per heavy atom. The summed E-state index contributed by atoms with van der Waals surface area (Å²) < 4.78 is 50.1. The summed E-state index contributed by atoms with van der Waals surface area (Å²) in [6, 6.07) is 51.8. The van der Waals surface area contributed by atoms with Gasteiger partial charge in [-0.2, -0.15) is 0 Å². The number of pyridine rings is 1. The second-order valence-corrected chi connectivity index (χ2v) is 22.9. The third-order valence-corrected chi connectivity index (χ3v) is 15.1. The first kappa shape index (κ1) is 41.3. The van der Waals surface area contributed by atoms with Crippen LogP contribution in [0, 0.1) is 15.9 Å². The van der Waals surface area contributed by atoms with Gasteiger partial charge in [0.05, 0.1) is 5.48 Å². The quantitative estimate of drug-likeness (QED) is 0.149. The molecule has 0 saturated carbocycles. The number of nitrogens with zero attached hydrogens (tertiary/aromatic N) is 4. The third kappa shape index (κ3) is 8.20. The summed E-state index contributed by atoms with van der Waals surface area (Å²) in [4.78, 5) is 4.77. The molecule has 1 aliphatic carbocycles. The number of rotatable bonds is 7. The number of hydrogen-bond acceptors (Lipinski definition) is 2. The van der Waals surface area contributed by atoms with Crippen LogP contribution in [-0.4, -0.2) is 18.7 Å². The van der Waals surface area contributed by atoms with E-state index in [1.807, 2.05) is 30.3 Å². The smallest absolute Gasteiger partial charge is 0.239 e. The minimum atomic E-state index is -0.301. The van der Waals surface area contributed by atoms with E-state index in [2.05, 4.69) is 200 Å². The first-order valence-electron chi connectivity index (χ1n) is 26.4. The Bertz CT molecular complexity index is 3910. The first-order valence-corrected chi connectivity index (χ1v) is 25.5. The molecule has 0 aliphatic heterocycles. The minimum absolute atomic E-state index is 0.0516. The van der Waals surface area contributed by atoms with Gasteiger partial charge in [0.1, 0.15) is 0 Å². The van der Waals surface area contributed by atoms with E-state index >= 15 is 0 Å². The molecular weight excluding hydrogens is 1040 g/mol. The molecule has 1 unspecified atom stereocenters. The Morgan fingerprint density at radius 3 is 2.00 bits per heavy atom. The molecule has 0 radical (unpaired) electrons. The third-order valence-electron chi connectivity index (χ3n) is 14.0. The molecule has 0 N–H and O–H groups in total. The summed E-state index contributed by atoms with van der Waals surface area (Å²) in [5.74, 6) is 1.52. The summed E-state index contributed by atoms with van der Waals surface area (Å²) in [5.41, 5.74) is 14.6. The van der Waals surface area contributed by atoms with E-state index in [0.717, 1.165) is 62.0 Å². The zero-order valence-corrected chi connectivity index (χ0v) is 43.7. The molecule has 0 spiro atoms. The summed E-state index contributed by atoms with van der Waals surface area (Å²) in [5, 5.41) is 1.05. The van der Waals surface area contributed by atoms with Crippen molar-refractivity contribution >= 4 is 32.8 Å². The Hall–Kier alpha value is -6.55. The van der Waals surface area contributed by atoms with Crippen LogP contribution in [0.4, 0.5) is 0 Å². The van der Waals surface area contributed by atoms with Crippen molar-refractivity contribution in [1.29, 1.82) is 0 Å². The number of ether oxygens (including phenoxy) is 1. The van der Waals surface area contributed by atoms with Crippen molar-refractivity contribution in [2.45, 2.75) is 104 Å². The molecule has 0 fully saturated rings. The van der Waals surface area contributed by atoms with Crippen molar-refractivity contribution in [2.24, 2.45) is 0 Å². The van der Waals surface area contributed by atoms with Gasteiger partial charge in [0.25, 0.3) is 0 Å². The van der Waals surface area contributed by atoms with Crippen LogP contribution in [0.2, 0.25) is 0 Å². The molecule has 5 nitrogen and oxygen atoms in total. The van der Waals surface area contributed by atoms with Gasteiger partial charge in [-0.05, 0) is 29.2 Å². The monoisotopic (exact) mass is 1100 g/mol. The Kier molecular flexibility index (Phi) is 10.2. The van der Waals surface area contributed by atoms with Gasteiger partial charge in [-0.3, -0.25) is 0 Å². The van der Waals surface area contributed by atoms with Gasteiger partial charge in [0, 0.05) is 6.20 Å². The number of fused-ring (bicyclic) bond motifs is 5. The van der Waals surface area contributed by atoms with Crippen LogP contribution in [0.15, 0.2) is 158 Å². The predicted octanol–water partition coefficient (Wildman–Crippen LogP) is 16.5. The minimum Gasteiger partial charge on any atom is -0.239 e. The molecule has 1 aliphatic rings. The van der Waals surface area contributed by atoms with Crippen molar-refractivity contribution in [3.05, 3.63) is 202 Å². The van der Waals surface area contributed by atoms with Gasteiger partial charge < -0.3 is 0 Å². The van der Waals surface area contributed by atoms with Crippen LogP contribution < -0.4 is 4.74 Å². The van der Waals surface area contributed by atoms with Gasteiger partial charge in [-0.1, -0.05) is 38.9 Å². The second-order valence-electron chi connectivity index (χ2n) is 21.9. The van der Waals surface area contributed by atoms with Crippen LogP contribution >= 0.6 is 0 Å². The van der Waals surface area contributed by atoms with E-state index in [1.165, 1.54) is 27.8 Å². The molecule has 1 atom stereocenters. The van der Waals surface area contributed by atoms with Crippen molar-refractivity contribution in [3.63, 3.8) is 0 Å². The predicted molar refractivity (Wildman–Crippen MR) is 285 cm³/mol. The number of para-hydroxylation sites is 4. The van der Waals surface area contributed by atoms with Crippen molar-refractivity contribution in [2.75, 3.05) is 0 Å². The van der Waals surface area contributed by atoms with Crippen molar-refractivity contribution in [3.8, 4) is 45.3 Å². The first-order chi connectivity index (χ1) is 35.2. The van der Waals surface area contributed by atoms with E-state index in [9.17, 15) is 0 Å². The molecule has 0 amide bonds. The molecular formula is C64H60N4OPt-2. The molecule has 354 valence electrons. The van der Waals surface area contributed by atoms with E-state index in [1.54, 1.807) is 10.8 Å². The van der Waals surface area contributed by atoms with E-state index in [-0.39, 0.29) is 46.5 Å². The molecule has 0 saturated heterocycles. The van der Waals surface area contributed by atoms with Crippen LogP contribution in [-0.2, 0) is 42.0 Å². The fourth-order valence-electron chi connectivity index (χ4n) is 10.2. The summed E-state index contributed by atoms with van der Waals surface area (Å²) in [7, 11) is 0. The topological polar surface area (TPSA) is 36.9 Å². The molecule has 70 heavy (non-hydrogen) atoms. The Morgan fingerprint density at radius 2 is 1.27 bits per heavy atom. The standard InChI is InChI=1S/C64H60N4O.Pt/c1-62(2,3)45-33-34-65-60(38-45)68-56-25-14-13-22-52(56)53-32-31-49(40-59(53)68)69-48-30-29-43-21-17-28-55(54(43)39-48)66-41-67(58-27-16-15-26-57(58)66)61-50(42-19-11-10-12-20-42)23-18-24-51(61)44-35-46(63(4,5)6)37-47(36-44)64(7,8)9;/h10-16,18-20,22-27,29-38,55H,17,21,28H2,1-9H3;/q-2;/i13D,14D,22D,25D;. The Labute approximate surface area is 429 Å². The van der Waals surface area contributed by atoms with Gasteiger partial charge >= 0.3 is 347 Å². The molecule has 6 heteroatoms. The average Bonchev–Trinajstić information content (AvgIpc) is 3.89. The van der Waals surface area contributed by atoms with Crippen LogP contribution in [0.1, 0.15) is 114 Å². The molecule has 0 bridgehead atoms. The van der Waals surface area contributed by atoms with E-state index in [4.69, 9.17) is 15.2 Å². The van der Waals surface area contributed by atoms with E-state index in [0.29, 0.717) is 39.1 Å². The number of benzene rings is 7. The van der Waals surface area contributed by atoms with Crippen molar-refractivity contribution < 1.29 is 29.6 Å². The van der Waals surface area contributed by atoms with Crippen LogP contribution in [0.3, 0.4) is 0 Å². The number of aryl methyl sites for hydroxylation is 1. The average molecular weight is 1100 g/mol. The van der Waals surface area contributed by atoms with E-state index < -0.39 is 0 Å². The number of aromatic nitrogens is 4. The zero-order valence-electron chi connectivity index (χ0n) is 45.4. The zero-order chi connectivity index (χ0) is 52.2. The van der Waals surface area contributed by atoms with Crippen molar-refractivity contribution in [1.82, 2.24) is 18.7 Å². The van der Waals surface area contributed by atoms with Crippen LogP contribution in [0.5, 0.6) is 11.5 Å². The molecule has 11 rings (SSSR count). The van der Waals surface area contributed by atoms with Gasteiger partial charge in [0.2, 0.25) is 0 Å². The maximum absolute atomic E-state index is 9.11. The summed E-state index contributed by atoms with van der Waals surface area (Å²) in [6.45, 7) is 20.2. The second kappa shape index (κ2) is 17.4. The number of imidazole rings is 1. The fraction of sp³-hybridized carbons (Fsp3) is 0.250. The molecule has 10 aromatic rings. The Balaban J connectivity index is 1.07. The summed E-state index contributed by atoms with van der Waals surface area (Å²) in [6.07, 6.45) is 4.62. The summed E-state index contributed by atoms with van der Waals surface area (Å²) >= 11 is 2.57. The van der Waals surface area contributed by atoms with Gasteiger partial charge in [-0.15, -0.1) is 0 Å². The fourth-order valence-corrected chi connectivity index (χ4v) is 11.3. The normalized spacial score (nSPS) is 15.2. The van der Waals surface area contributed by atoms with Gasteiger partial charge in [0.15, 0.2) is 0 Å². The maximum atomic E-state index is 9.11. The van der Waals surface area contributed by atoms with Gasteiger partial charge in [-0.25, -0.2) is 4.98 Å².